The summed E-state index contributed by atoms with van der Waals surface area (Å²) in [6, 6.07) is 1.38. The Morgan fingerprint density at radius 1 is 1.58 bits per heavy atom. The molecule has 0 aliphatic carbocycles. The molecule has 1 amide bonds. The number of hydrogen-bond acceptors (Lipinski definition) is 5. The summed E-state index contributed by atoms with van der Waals surface area (Å²) in [7, 11) is 1.63. The van der Waals surface area contributed by atoms with Gasteiger partial charge in [0.25, 0.3) is 11.6 Å². The number of aromatic nitrogens is 1. The maximum atomic E-state index is 12.0. The minimum absolute atomic E-state index is 0.0210. The van der Waals surface area contributed by atoms with Crippen LogP contribution in [0.15, 0.2) is 12.3 Å². The number of amides is 1. The van der Waals surface area contributed by atoms with E-state index in [1.165, 1.54) is 6.07 Å². The Hall–Kier alpha value is -2.18. The average Bonchev–Trinajstić information content (AvgIpc) is 2.43. The van der Waals surface area contributed by atoms with Gasteiger partial charge in [-0.05, 0) is 5.92 Å². The molecule has 0 aliphatic heterocycles. The van der Waals surface area contributed by atoms with Crippen molar-refractivity contribution in [1.29, 1.82) is 0 Å². The highest BCUT2D eigenvalue weighted by molar-refractivity contribution is 5.98. The van der Waals surface area contributed by atoms with Gasteiger partial charge in [-0.2, -0.15) is 0 Å². The molecule has 2 N–H and O–H groups in total. The number of nitro groups is 1. The Morgan fingerprint density at radius 3 is 2.79 bits per heavy atom. The summed E-state index contributed by atoms with van der Waals surface area (Å²) in [5.41, 5.74) is -0.270. The summed E-state index contributed by atoms with van der Waals surface area (Å²) in [5.74, 6) is 0.291. The van der Waals surface area contributed by atoms with E-state index in [1.54, 1.807) is 7.05 Å². The van der Waals surface area contributed by atoms with Crippen LogP contribution < -0.4 is 10.6 Å². The van der Waals surface area contributed by atoms with Crippen molar-refractivity contribution in [3.63, 3.8) is 0 Å². The Labute approximate surface area is 111 Å². The van der Waals surface area contributed by atoms with Crippen LogP contribution in [0.3, 0.4) is 0 Å². The quantitative estimate of drug-likeness (QED) is 0.604. The largest absolute Gasteiger partial charge is 0.373 e. The number of hydrogen-bond donors (Lipinski definition) is 2. The molecule has 0 fully saturated rings. The van der Waals surface area contributed by atoms with Gasteiger partial charge in [-0.1, -0.05) is 20.3 Å². The van der Waals surface area contributed by atoms with Crippen molar-refractivity contribution in [2.24, 2.45) is 5.92 Å². The lowest BCUT2D eigenvalue weighted by atomic mass is 10.1. The third-order valence-electron chi connectivity index (χ3n) is 2.89. The third-order valence-corrected chi connectivity index (χ3v) is 2.89. The van der Waals surface area contributed by atoms with Crippen LogP contribution in [0.4, 0.5) is 11.5 Å². The van der Waals surface area contributed by atoms with Crippen molar-refractivity contribution in [2.45, 2.75) is 20.3 Å². The Balaban J connectivity index is 2.95. The zero-order chi connectivity index (χ0) is 14.4. The minimum Gasteiger partial charge on any atom is -0.373 e. The van der Waals surface area contributed by atoms with Gasteiger partial charge in [-0.25, -0.2) is 4.98 Å². The van der Waals surface area contributed by atoms with Gasteiger partial charge in [0.2, 0.25) is 0 Å². The van der Waals surface area contributed by atoms with Crippen molar-refractivity contribution in [1.82, 2.24) is 10.3 Å². The van der Waals surface area contributed by atoms with E-state index in [4.69, 9.17) is 0 Å². The van der Waals surface area contributed by atoms with E-state index in [9.17, 15) is 14.9 Å². The van der Waals surface area contributed by atoms with Crippen LogP contribution in [0, 0.1) is 16.0 Å². The van der Waals surface area contributed by atoms with Crippen molar-refractivity contribution in [2.75, 3.05) is 18.9 Å². The molecule has 0 aromatic carbocycles. The maximum Gasteiger partial charge on any atom is 0.300 e. The molecule has 1 aromatic rings. The fourth-order valence-electron chi connectivity index (χ4n) is 1.42. The summed E-state index contributed by atoms with van der Waals surface area (Å²) < 4.78 is 0. The normalized spacial score (nSPS) is 11.7. The minimum atomic E-state index is -0.607. The van der Waals surface area contributed by atoms with Crippen molar-refractivity contribution in [3.05, 3.63) is 27.9 Å². The van der Waals surface area contributed by atoms with Crippen molar-refractivity contribution >= 4 is 17.4 Å². The lowest BCUT2D eigenvalue weighted by Crippen LogP contribution is -2.28. The summed E-state index contributed by atoms with van der Waals surface area (Å²) in [5, 5.41) is 16.3. The SMILES string of the molecule is CCC(C)CNC(=O)c1cc(NC)ncc1[N+](=O)[O-]. The smallest absolute Gasteiger partial charge is 0.300 e. The molecule has 1 atom stereocenters. The van der Waals surface area contributed by atoms with Gasteiger partial charge < -0.3 is 10.6 Å². The fourth-order valence-corrected chi connectivity index (χ4v) is 1.42. The van der Waals surface area contributed by atoms with Gasteiger partial charge >= 0.3 is 0 Å². The Bertz CT molecular complexity index is 476. The molecule has 0 saturated heterocycles. The summed E-state index contributed by atoms with van der Waals surface area (Å²) in [6.07, 6.45) is 2.02. The molecule has 0 aliphatic rings. The number of anilines is 1. The molecule has 7 heteroatoms. The van der Waals surface area contributed by atoms with Crippen LogP contribution in [-0.4, -0.2) is 29.4 Å². The first-order valence-electron chi connectivity index (χ1n) is 6.10. The average molecular weight is 266 g/mol. The molecular weight excluding hydrogens is 248 g/mol. The van der Waals surface area contributed by atoms with Crippen molar-refractivity contribution in [3.8, 4) is 0 Å². The Kier molecular flexibility index (Phi) is 5.23. The van der Waals surface area contributed by atoms with Crippen LogP contribution in [0.2, 0.25) is 0 Å². The lowest BCUT2D eigenvalue weighted by Gasteiger charge is -2.10. The van der Waals surface area contributed by atoms with E-state index in [1.807, 2.05) is 13.8 Å². The number of nitrogens with one attached hydrogen (secondary N) is 2. The highest BCUT2D eigenvalue weighted by Crippen LogP contribution is 2.20. The topological polar surface area (TPSA) is 97.2 Å². The first-order chi connectivity index (χ1) is 8.99. The standard InChI is InChI=1S/C12H18N4O3/c1-4-8(2)6-15-12(17)9-5-11(13-3)14-7-10(9)16(18)19/h5,7-8H,4,6H2,1-3H3,(H,13,14)(H,15,17). The monoisotopic (exact) mass is 266 g/mol. The van der Waals surface area contributed by atoms with Gasteiger partial charge in [-0.3, -0.25) is 14.9 Å². The third kappa shape index (κ3) is 3.90. The van der Waals surface area contributed by atoms with Crippen LogP contribution in [-0.2, 0) is 0 Å². The highest BCUT2D eigenvalue weighted by atomic mass is 16.6. The molecule has 1 heterocycles. The number of carbonyl (C=O) groups excluding carboxylic acids is 1. The lowest BCUT2D eigenvalue weighted by molar-refractivity contribution is -0.385. The van der Waals surface area contributed by atoms with E-state index in [0.717, 1.165) is 12.6 Å². The molecular formula is C12H18N4O3. The number of rotatable bonds is 6. The first kappa shape index (κ1) is 14.9. The summed E-state index contributed by atoms with van der Waals surface area (Å²) in [4.78, 5) is 26.1. The van der Waals surface area contributed by atoms with E-state index >= 15 is 0 Å². The van der Waals surface area contributed by atoms with Gasteiger partial charge in [-0.15, -0.1) is 0 Å². The van der Waals surface area contributed by atoms with E-state index in [-0.39, 0.29) is 11.3 Å². The van der Waals surface area contributed by atoms with Crippen LogP contribution >= 0.6 is 0 Å². The van der Waals surface area contributed by atoms with Crippen molar-refractivity contribution < 1.29 is 9.72 Å². The predicted octanol–water partition coefficient (Wildman–Crippen LogP) is 1.81. The number of pyridine rings is 1. The number of nitrogens with zero attached hydrogens (tertiary/aromatic N) is 2. The second kappa shape index (κ2) is 6.67. The molecule has 104 valence electrons. The zero-order valence-corrected chi connectivity index (χ0v) is 11.3. The fraction of sp³-hybridized carbons (Fsp3) is 0.500. The zero-order valence-electron chi connectivity index (χ0n) is 11.3. The van der Waals surface area contributed by atoms with Gasteiger partial charge in [0.1, 0.15) is 17.6 Å². The van der Waals surface area contributed by atoms with E-state index in [0.29, 0.717) is 18.3 Å². The maximum absolute atomic E-state index is 12.0. The molecule has 0 saturated carbocycles. The first-order valence-corrected chi connectivity index (χ1v) is 6.10. The molecule has 0 radical (unpaired) electrons. The molecule has 1 rings (SSSR count). The summed E-state index contributed by atoms with van der Waals surface area (Å²) >= 11 is 0. The second-order valence-corrected chi connectivity index (χ2v) is 4.32. The summed E-state index contributed by atoms with van der Waals surface area (Å²) in [6.45, 7) is 4.51. The molecule has 0 spiro atoms. The van der Waals surface area contributed by atoms with E-state index < -0.39 is 10.8 Å². The van der Waals surface area contributed by atoms with Gasteiger partial charge in [0.05, 0.1) is 4.92 Å². The highest BCUT2D eigenvalue weighted by Gasteiger charge is 2.21. The van der Waals surface area contributed by atoms with Gasteiger partial charge in [0.15, 0.2) is 0 Å². The van der Waals surface area contributed by atoms with Crippen LogP contribution in [0.1, 0.15) is 30.6 Å². The van der Waals surface area contributed by atoms with Crippen LogP contribution in [0.5, 0.6) is 0 Å². The molecule has 1 aromatic heterocycles. The van der Waals surface area contributed by atoms with Gasteiger partial charge in [0, 0.05) is 19.7 Å². The molecule has 19 heavy (non-hydrogen) atoms. The number of carbonyl (C=O) groups is 1. The second-order valence-electron chi connectivity index (χ2n) is 4.32. The Morgan fingerprint density at radius 2 is 2.26 bits per heavy atom. The molecule has 1 unspecified atom stereocenters. The predicted molar refractivity (Wildman–Crippen MR) is 72.2 cm³/mol. The molecule has 7 nitrogen and oxygen atoms in total. The van der Waals surface area contributed by atoms with Crippen LogP contribution in [0.25, 0.3) is 0 Å². The van der Waals surface area contributed by atoms with E-state index in [2.05, 4.69) is 15.6 Å². The molecule has 0 bridgehead atoms.